The van der Waals surface area contributed by atoms with Gasteiger partial charge in [0.15, 0.2) is 0 Å². The van der Waals surface area contributed by atoms with Gasteiger partial charge in [-0.25, -0.2) is 4.39 Å². The van der Waals surface area contributed by atoms with E-state index in [0.29, 0.717) is 11.5 Å². The lowest BCUT2D eigenvalue weighted by Crippen LogP contribution is -2.39. The van der Waals surface area contributed by atoms with Gasteiger partial charge in [0.25, 0.3) is 0 Å². The molecule has 2 heteroatoms. The summed E-state index contributed by atoms with van der Waals surface area (Å²) < 4.78 is 13.7. The fourth-order valence-corrected chi connectivity index (χ4v) is 3.90. The highest BCUT2D eigenvalue weighted by Crippen LogP contribution is 2.42. The summed E-state index contributed by atoms with van der Waals surface area (Å²) >= 11 is 0. The van der Waals surface area contributed by atoms with Crippen LogP contribution in [0.2, 0.25) is 0 Å². The van der Waals surface area contributed by atoms with Gasteiger partial charge in [-0.15, -0.1) is 0 Å². The predicted molar refractivity (Wildman–Crippen MR) is 87.9 cm³/mol. The fourth-order valence-electron chi connectivity index (χ4n) is 3.90. The van der Waals surface area contributed by atoms with E-state index in [4.69, 9.17) is 0 Å². The normalized spacial score (nSPS) is 19.1. The maximum atomic E-state index is 13.7. The topological polar surface area (TPSA) is 12.0 Å². The number of benzene rings is 1. The molecule has 1 aliphatic rings. The number of halogens is 1. The van der Waals surface area contributed by atoms with Gasteiger partial charge in [-0.2, -0.15) is 0 Å². The van der Waals surface area contributed by atoms with Crippen LogP contribution in [0.25, 0.3) is 0 Å². The zero-order valence-corrected chi connectivity index (χ0v) is 13.8. The van der Waals surface area contributed by atoms with E-state index < -0.39 is 0 Å². The van der Waals surface area contributed by atoms with Crippen molar-refractivity contribution >= 4 is 0 Å². The predicted octanol–water partition coefficient (Wildman–Crippen LogP) is 4.95. The first-order chi connectivity index (χ1) is 10.0. The van der Waals surface area contributed by atoms with Gasteiger partial charge >= 0.3 is 0 Å². The third-order valence-corrected chi connectivity index (χ3v) is 4.81. The monoisotopic (exact) mass is 291 g/mol. The molecule has 0 spiro atoms. The van der Waals surface area contributed by atoms with Crippen molar-refractivity contribution in [3.63, 3.8) is 0 Å². The van der Waals surface area contributed by atoms with E-state index in [1.807, 2.05) is 12.1 Å². The van der Waals surface area contributed by atoms with Gasteiger partial charge in [0, 0.05) is 12.6 Å². The minimum atomic E-state index is -0.0797. The molecule has 2 rings (SSSR count). The molecular weight excluding hydrogens is 261 g/mol. The molecule has 1 saturated carbocycles. The lowest BCUT2D eigenvalue weighted by Gasteiger charge is -2.32. The van der Waals surface area contributed by atoms with Gasteiger partial charge in [-0.05, 0) is 55.6 Å². The average Bonchev–Trinajstić information content (AvgIpc) is 2.87. The molecule has 0 amide bonds. The fraction of sp³-hybridized carbons (Fsp3) is 0.684. The van der Waals surface area contributed by atoms with Gasteiger partial charge < -0.3 is 5.32 Å². The van der Waals surface area contributed by atoms with Crippen LogP contribution in [0.5, 0.6) is 0 Å². The van der Waals surface area contributed by atoms with Crippen molar-refractivity contribution in [2.45, 2.75) is 65.3 Å². The molecule has 1 aliphatic carbocycles. The molecule has 0 bridgehead atoms. The standard InChI is InChI=1S/C19H30FN/c1-15(2)13-19(10-6-7-11-19)14-21-16(3)12-17-8-4-5-9-18(17)20/h4-5,8-9,15-16,21H,6-7,10-14H2,1-3H3. The third-order valence-electron chi connectivity index (χ3n) is 4.81. The molecule has 1 fully saturated rings. The van der Waals surface area contributed by atoms with E-state index in [1.54, 1.807) is 12.1 Å². The molecule has 21 heavy (non-hydrogen) atoms. The van der Waals surface area contributed by atoms with Crippen molar-refractivity contribution in [2.24, 2.45) is 11.3 Å². The van der Waals surface area contributed by atoms with Crippen molar-refractivity contribution in [1.82, 2.24) is 5.32 Å². The van der Waals surface area contributed by atoms with Crippen LogP contribution in [0.1, 0.15) is 58.4 Å². The first-order valence-electron chi connectivity index (χ1n) is 8.47. The first-order valence-corrected chi connectivity index (χ1v) is 8.47. The van der Waals surface area contributed by atoms with Crippen molar-refractivity contribution in [1.29, 1.82) is 0 Å². The highest BCUT2D eigenvalue weighted by atomic mass is 19.1. The third kappa shape index (κ3) is 4.81. The zero-order valence-electron chi connectivity index (χ0n) is 13.8. The second-order valence-electron chi connectivity index (χ2n) is 7.38. The Bertz CT molecular complexity index is 435. The summed E-state index contributed by atoms with van der Waals surface area (Å²) in [5.74, 6) is 0.677. The van der Waals surface area contributed by atoms with E-state index >= 15 is 0 Å². The molecule has 0 heterocycles. The van der Waals surface area contributed by atoms with Gasteiger partial charge in [-0.3, -0.25) is 0 Å². The second kappa shape index (κ2) is 7.40. The Kier molecular flexibility index (Phi) is 5.80. The van der Waals surface area contributed by atoms with Crippen LogP contribution in [0.3, 0.4) is 0 Å². The summed E-state index contributed by atoms with van der Waals surface area (Å²) in [7, 11) is 0. The minimum Gasteiger partial charge on any atom is -0.313 e. The molecule has 1 unspecified atom stereocenters. The van der Waals surface area contributed by atoms with Crippen LogP contribution in [-0.4, -0.2) is 12.6 Å². The molecule has 0 radical (unpaired) electrons. The van der Waals surface area contributed by atoms with Crippen LogP contribution in [-0.2, 0) is 6.42 Å². The summed E-state index contributed by atoms with van der Waals surface area (Å²) in [5.41, 5.74) is 1.30. The number of rotatable bonds is 7. The van der Waals surface area contributed by atoms with Gasteiger partial charge in [0.1, 0.15) is 5.82 Å². The molecule has 1 aromatic carbocycles. The quantitative estimate of drug-likeness (QED) is 0.749. The van der Waals surface area contributed by atoms with E-state index in [9.17, 15) is 4.39 Å². The number of hydrogen-bond donors (Lipinski definition) is 1. The first kappa shape index (κ1) is 16.5. The van der Waals surface area contributed by atoms with Gasteiger partial charge in [-0.1, -0.05) is 44.9 Å². The maximum absolute atomic E-state index is 13.7. The summed E-state index contributed by atoms with van der Waals surface area (Å²) in [5, 5.41) is 3.68. The lowest BCUT2D eigenvalue weighted by molar-refractivity contribution is 0.216. The number of nitrogens with one attached hydrogen (secondary N) is 1. The van der Waals surface area contributed by atoms with E-state index in [1.165, 1.54) is 32.1 Å². The highest BCUT2D eigenvalue weighted by Gasteiger charge is 2.34. The van der Waals surface area contributed by atoms with Crippen LogP contribution in [0.4, 0.5) is 4.39 Å². The molecule has 1 nitrogen and oxygen atoms in total. The number of hydrogen-bond acceptors (Lipinski definition) is 1. The second-order valence-corrected chi connectivity index (χ2v) is 7.38. The van der Waals surface area contributed by atoms with Crippen LogP contribution in [0, 0.1) is 17.2 Å². The molecule has 1 atom stereocenters. The summed E-state index contributed by atoms with van der Waals surface area (Å²) in [4.78, 5) is 0. The van der Waals surface area contributed by atoms with Crippen LogP contribution in [0.15, 0.2) is 24.3 Å². The lowest BCUT2D eigenvalue weighted by atomic mass is 9.78. The molecule has 0 aliphatic heterocycles. The summed E-state index contributed by atoms with van der Waals surface area (Å²) in [6.45, 7) is 7.90. The van der Waals surface area contributed by atoms with Crippen LogP contribution >= 0.6 is 0 Å². The minimum absolute atomic E-state index is 0.0797. The smallest absolute Gasteiger partial charge is 0.126 e. The Morgan fingerprint density at radius 3 is 2.43 bits per heavy atom. The Balaban J connectivity index is 1.87. The van der Waals surface area contributed by atoms with Crippen LogP contribution < -0.4 is 5.32 Å². The van der Waals surface area contributed by atoms with Crippen molar-refractivity contribution in [3.05, 3.63) is 35.6 Å². The molecular formula is C19H30FN. The van der Waals surface area contributed by atoms with E-state index in [0.717, 1.165) is 24.4 Å². The largest absolute Gasteiger partial charge is 0.313 e. The Hall–Kier alpha value is -0.890. The summed E-state index contributed by atoms with van der Waals surface area (Å²) in [6.07, 6.45) is 7.53. The molecule has 1 N–H and O–H groups in total. The molecule has 118 valence electrons. The Morgan fingerprint density at radius 2 is 1.81 bits per heavy atom. The SMILES string of the molecule is CC(C)CC1(CNC(C)Cc2ccccc2F)CCCC1. The van der Waals surface area contributed by atoms with E-state index in [-0.39, 0.29) is 5.82 Å². The Morgan fingerprint density at radius 1 is 1.14 bits per heavy atom. The van der Waals surface area contributed by atoms with Gasteiger partial charge in [0.2, 0.25) is 0 Å². The van der Waals surface area contributed by atoms with Crippen molar-refractivity contribution in [2.75, 3.05) is 6.54 Å². The average molecular weight is 291 g/mol. The summed E-state index contributed by atoms with van der Waals surface area (Å²) in [6, 6.07) is 7.45. The zero-order chi connectivity index (χ0) is 15.3. The Labute approximate surface area is 129 Å². The molecule has 0 aromatic heterocycles. The maximum Gasteiger partial charge on any atom is 0.126 e. The molecule has 0 saturated heterocycles. The highest BCUT2D eigenvalue weighted by molar-refractivity contribution is 5.18. The molecule has 1 aromatic rings. The van der Waals surface area contributed by atoms with Gasteiger partial charge in [0.05, 0.1) is 0 Å². The van der Waals surface area contributed by atoms with Crippen molar-refractivity contribution < 1.29 is 4.39 Å². The van der Waals surface area contributed by atoms with Crippen molar-refractivity contribution in [3.8, 4) is 0 Å². The van der Waals surface area contributed by atoms with E-state index in [2.05, 4.69) is 26.1 Å².